The predicted molar refractivity (Wildman–Crippen MR) is 55.9 cm³/mol. The van der Waals surface area contributed by atoms with Gasteiger partial charge in [-0.05, 0) is 38.3 Å². The van der Waals surface area contributed by atoms with Crippen molar-refractivity contribution in [3.05, 3.63) is 0 Å². The molecule has 1 saturated heterocycles. The molecule has 0 bridgehead atoms. The molecule has 0 unspecified atom stereocenters. The van der Waals surface area contributed by atoms with Gasteiger partial charge in [-0.3, -0.25) is 0 Å². The van der Waals surface area contributed by atoms with E-state index in [0.717, 1.165) is 25.7 Å². The van der Waals surface area contributed by atoms with Gasteiger partial charge in [-0.25, -0.2) is 0 Å². The molecule has 13 heavy (non-hydrogen) atoms. The Hall–Kier alpha value is -0.0800. The van der Waals surface area contributed by atoms with E-state index in [0.29, 0.717) is 0 Å². The summed E-state index contributed by atoms with van der Waals surface area (Å²) in [6, 6.07) is 0. The van der Waals surface area contributed by atoms with Crippen molar-refractivity contribution in [2.75, 3.05) is 32.8 Å². The second kappa shape index (κ2) is 6.39. The van der Waals surface area contributed by atoms with Crippen LogP contribution in [0, 0.1) is 5.92 Å². The summed E-state index contributed by atoms with van der Waals surface area (Å²) in [5.41, 5.74) is 0. The maximum atomic E-state index is 5.56. The molecule has 0 aromatic heterocycles. The average Bonchev–Trinajstić information content (AvgIpc) is 2.55. The molecule has 0 aromatic rings. The minimum absolute atomic E-state index is 0.770. The van der Waals surface area contributed by atoms with Gasteiger partial charge in [-0.15, -0.1) is 0 Å². The van der Waals surface area contributed by atoms with Crippen LogP contribution in [0.15, 0.2) is 0 Å². The molecule has 1 fully saturated rings. The standard InChI is InChI=1S/C11H23NO/c1-11(2)5-9-13-10-8-12-6-3-4-7-12/h11H,3-10H2,1-2H3. The number of rotatable bonds is 6. The third kappa shape index (κ3) is 5.27. The molecule has 78 valence electrons. The zero-order valence-corrected chi connectivity index (χ0v) is 9.09. The first-order valence-electron chi connectivity index (χ1n) is 5.59. The van der Waals surface area contributed by atoms with Gasteiger partial charge in [0, 0.05) is 13.2 Å². The van der Waals surface area contributed by atoms with Crippen molar-refractivity contribution in [1.82, 2.24) is 4.90 Å². The zero-order valence-electron chi connectivity index (χ0n) is 9.09. The summed E-state index contributed by atoms with van der Waals surface area (Å²) in [6.07, 6.45) is 3.96. The molecule has 1 aliphatic heterocycles. The summed E-state index contributed by atoms with van der Waals surface area (Å²) in [7, 11) is 0. The summed E-state index contributed by atoms with van der Waals surface area (Å²) in [6.45, 7) is 10.0. The van der Waals surface area contributed by atoms with E-state index in [2.05, 4.69) is 18.7 Å². The highest BCUT2D eigenvalue weighted by atomic mass is 16.5. The average molecular weight is 185 g/mol. The van der Waals surface area contributed by atoms with Crippen molar-refractivity contribution in [2.24, 2.45) is 5.92 Å². The minimum Gasteiger partial charge on any atom is -0.380 e. The summed E-state index contributed by atoms with van der Waals surface area (Å²) in [5, 5.41) is 0. The number of ether oxygens (including phenoxy) is 1. The monoisotopic (exact) mass is 185 g/mol. The molecule has 2 nitrogen and oxygen atoms in total. The van der Waals surface area contributed by atoms with Gasteiger partial charge in [0.25, 0.3) is 0 Å². The third-order valence-electron chi connectivity index (χ3n) is 2.59. The predicted octanol–water partition coefficient (Wildman–Crippen LogP) is 2.14. The molecule has 1 aliphatic rings. The number of likely N-dealkylation sites (tertiary alicyclic amines) is 1. The van der Waals surface area contributed by atoms with Gasteiger partial charge in [0.15, 0.2) is 0 Å². The van der Waals surface area contributed by atoms with Gasteiger partial charge in [-0.1, -0.05) is 13.8 Å². The maximum Gasteiger partial charge on any atom is 0.0593 e. The third-order valence-corrected chi connectivity index (χ3v) is 2.59. The summed E-state index contributed by atoms with van der Waals surface area (Å²) in [4.78, 5) is 2.50. The molecule has 0 spiro atoms. The number of hydrogen-bond donors (Lipinski definition) is 0. The highest BCUT2D eigenvalue weighted by molar-refractivity contribution is 4.65. The molecule has 0 amide bonds. The van der Waals surface area contributed by atoms with E-state index in [9.17, 15) is 0 Å². The molecule has 0 radical (unpaired) electrons. The van der Waals surface area contributed by atoms with Gasteiger partial charge in [0.2, 0.25) is 0 Å². The van der Waals surface area contributed by atoms with Crippen LogP contribution in [0.25, 0.3) is 0 Å². The van der Waals surface area contributed by atoms with Crippen molar-refractivity contribution < 1.29 is 4.74 Å². The molecule has 0 atom stereocenters. The van der Waals surface area contributed by atoms with Gasteiger partial charge >= 0.3 is 0 Å². The Morgan fingerprint density at radius 3 is 2.46 bits per heavy atom. The normalized spacial score (nSPS) is 18.7. The lowest BCUT2D eigenvalue weighted by atomic mass is 10.1. The molecule has 0 saturated carbocycles. The van der Waals surface area contributed by atoms with Crippen LogP contribution in [-0.4, -0.2) is 37.7 Å². The van der Waals surface area contributed by atoms with Gasteiger partial charge in [0.1, 0.15) is 0 Å². The molecule has 0 aliphatic carbocycles. The largest absolute Gasteiger partial charge is 0.380 e. The van der Waals surface area contributed by atoms with Gasteiger partial charge < -0.3 is 9.64 Å². The van der Waals surface area contributed by atoms with Crippen LogP contribution < -0.4 is 0 Å². The molecule has 1 rings (SSSR count). The smallest absolute Gasteiger partial charge is 0.0593 e. The first kappa shape index (κ1) is 11.0. The van der Waals surface area contributed by atoms with Crippen LogP contribution >= 0.6 is 0 Å². The van der Waals surface area contributed by atoms with Gasteiger partial charge in [0.05, 0.1) is 6.61 Å². The molecule has 2 heteroatoms. The van der Waals surface area contributed by atoms with Crippen LogP contribution in [-0.2, 0) is 4.74 Å². The van der Waals surface area contributed by atoms with Crippen molar-refractivity contribution in [3.63, 3.8) is 0 Å². The highest BCUT2D eigenvalue weighted by Gasteiger charge is 2.10. The lowest BCUT2D eigenvalue weighted by Gasteiger charge is -2.14. The molecular formula is C11H23NO. The zero-order chi connectivity index (χ0) is 9.52. The Balaban J connectivity index is 1.83. The van der Waals surface area contributed by atoms with Crippen LogP contribution in [0.2, 0.25) is 0 Å². The van der Waals surface area contributed by atoms with Gasteiger partial charge in [-0.2, -0.15) is 0 Å². The number of nitrogens with zero attached hydrogens (tertiary/aromatic N) is 1. The molecule has 0 aromatic carbocycles. The quantitative estimate of drug-likeness (QED) is 0.588. The Kier molecular flexibility index (Phi) is 5.40. The fourth-order valence-electron chi connectivity index (χ4n) is 1.62. The van der Waals surface area contributed by atoms with Crippen molar-refractivity contribution in [2.45, 2.75) is 33.1 Å². The van der Waals surface area contributed by atoms with Crippen molar-refractivity contribution in [3.8, 4) is 0 Å². The highest BCUT2D eigenvalue weighted by Crippen LogP contribution is 2.06. The lowest BCUT2D eigenvalue weighted by molar-refractivity contribution is 0.103. The van der Waals surface area contributed by atoms with E-state index in [1.165, 1.54) is 32.4 Å². The van der Waals surface area contributed by atoms with Crippen LogP contribution in [0.5, 0.6) is 0 Å². The summed E-state index contributed by atoms with van der Waals surface area (Å²) >= 11 is 0. The second-order valence-corrected chi connectivity index (χ2v) is 4.34. The Morgan fingerprint density at radius 1 is 1.15 bits per heavy atom. The van der Waals surface area contributed by atoms with E-state index < -0.39 is 0 Å². The summed E-state index contributed by atoms with van der Waals surface area (Å²) < 4.78 is 5.56. The van der Waals surface area contributed by atoms with E-state index in [1.54, 1.807) is 0 Å². The van der Waals surface area contributed by atoms with E-state index in [1.807, 2.05) is 0 Å². The van der Waals surface area contributed by atoms with Crippen LogP contribution in [0.3, 0.4) is 0 Å². The Bertz CT molecular complexity index is 119. The second-order valence-electron chi connectivity index (χ2n) is 4.34. The van der Waals surface area contributed by atoms with Crippen LogP contribution in [0.4, 0.5) is 0 Å². The molecular weight excluding hydrogens is 162 g/mol. The Labute approximate surface area is 82.3 Å². The summed E-state index contributed by atoms with van der Waals surface area (Å²) in [5.74, 6) is 0.770. The van der Waals surface area contributed by atoms with E-state index in [4.69, 9.17) is 4.74 Å². The Morgan fingerprint density at radius 2 is 1.85 bits per heavy atom. The first-order chi connectivity index (χ1) is 6.29. The van der Waals surface area contributed by atoms with Crippen molar-refractivity contribution >= 4 is 0 Å². The van der Waals surface area contributed by atoms with E-state index >= 15 is 0 Å². The molecule has 1 heterocycles. The fraction of sp³-hybridized carbons (Fsp3) is 1.00. The first-order valence-corrected chi connectivity index (χ1v) is 5.59. The van der Waals surface area contributed by atoms with E-state index in [-0.39, 0.29) is 0 Å². The van der Waals surface area contributed by atoms with Crippen LogP contribution in [0.1, 0.15) is 33.1 Å². The molecule has 0 N–H and O–H groups in total. The maximum absolute atomic E-state index is 5.56. The van der Waals surface area contributed by atoms with Crippen molar-refractivity contribution in [1.29, 1.82) is 0 Å². The lowest BCUT2D eigenvalue weighted by Crippen LogP contribution is -2.24. The topological polar surface area (TPSA) is 12.5 Å². The minimum atomic E-state index is 0.770. The number of hydrogen-bond acceptors (Lipinski definition) is 2. The SMILES string of the molecule is CC(C)CCOCCN1CCCC1. The fourth-order valence-corrected chi connectivity index (χ4v) is 1.62.